The van der Waals surface area contributed by atoms with Crippen LogP contribution in [0.3, 0.4) is 0 Å². The van der Waals surface area contributed by atoms with Gasteiger partial charge in [-0.2, -0.15) is 0 Å². The average molecular weight is 775 g/mol. The maximum absolute atomic E-state index is 12.6. The van der Waals surface area contributed by atoms with Crippen LogP contribution in [0, 0.1) is 0 Å². The largest absolute Gasteiger partial charge is 0.472 e. The molecule has 3 N–H and O–H groups in total. The number of carbonyl (C=O) groups excluding carboxylic acids is 1. The summed E-state index contributed by atoms with van der Waals surface area (Å²) in [6.45, 7) is 3.51. The molecule has 0 aromatic rings. The predicted molar refractivity (Wildman–Crippen MR) is 219 cm³/mol. The molecule has 0 aliphatic carbocycles. The lowest BCUT2D eigenvalue weighted by Gasteiger charge is -2.20. The Kier molecular flexibility index (Phi) is 39.8. The van der Waals surface area contributed by atoms with E-state index in [2.05, 4.69) is 38.2 Å². The predicted octanol–water partition coefficient (Wildman–Crippen LogP) is 11.9. The third-order valence-corrected chi connectivity index (χ3v) is 10.3. The molecule has 0 saturated carbocycles. The van der Waals surface area contributed by atoms with Crippen LogP contribution in [0.25, 0.3) is 0 Å². The molecule has 0 saturated heterocycles. The first kappa shape index (κ1) is 51.9. The van der Waals surface area contributed by atoms with E-state index in [1.807, 2.05) is 0 Å². The van der Waals surface area contributed by atoms with E-state index in [1.165, 1.54) is 128 Å². The quantitative estimate of drug-likeness (QED) is 0.0240. The van der Waals surface area contributed by atoms with Crippen molar-refractivity contribution in [3.63, 3.8) is 0 Å². The summed E-state index contributed by atoms with van der Waals surface area (Å²) < 4.78 is 33.4. The van der Waals surface area contributed by atoms with Crippen molar-refractivity contribution in [2.24, 2.45) is 0 Å². The van der Waals surface area contributed by atoms with Gasteiger partial charge in [0.05, 0.1) is 26.4 Å². The van der Waals surface area contributed by atoms with Gasteiger partial charge in [-0.05, 0) is 44.9 Å². The van der Waals surface area contributed by atoms with Crippen LogP contribution in [0.15, 0.2) is 24.3 Å². The fourth-order valence-corrected chi connectivity index (χ4v) is 6.82. The molecule has 3 atom stereocenters. The van der Waals surface area contributed by atoms with Crippen LogP contribution >= 0.6 is 7.82 Å². The highest BCUT2D eigenvalue weighted by Crippen LogP contribution is 2.43. The van der Waals surface area contributed by atoms with E-state index in [1.54, 1.807) is 0 Å². The van der Waals surface area contributed by atoms with Gasteiger partial charge in [0.2, 0.25) is 0 Å². The number of allylic oxidation sites excluding steroid dienone is 4. The number of hydrogen-bond donors (Lipinski definition) is 3. The van der Waals surface area contributed by atoms with E-state index in [4.69, 9.17) is 23.6 Å². The molecule has 0 aromatic carbocycles. The Morgan fingerprint density at radius 1 is 0.585 bits per heavy atom. The van der Waals surface area contributed by atoms with Gasteiger partial charge >= 0.3 is 13.8 Å². The van der Waals surface area contributed by atoms with Gasteiger partial charge in [0.25, 0.3) is 0 Å². The summed E-state index contributed by atoms with van der Waals surface area (Å²) in [7, 11) is -4.51. The van der Waals surface area contributed by atoms with Crippen LogP contribution in [-0.4, -0.2) is 66.3 Å². The van der Waals surface area contributed by atoms with Crippen molar-refractivity contribution in [2.75, 3.05) is 33.0 Å². The fourth-order valence-electron chi connectivity index (χ4n) is 6.03. The van der Waals surface area contributed by atoms with Crippen LogP contribution in [0.1, 0.15) is 200 Å². The van der Waals surface area contributed by atoms with Crippen LogP contribution < -0.4 is 0 Å². The zero-order valence-corrected chi connectivity index (χ0v) is 35.1. The second-order valence-electron chi connectivity index (χ2n) is 14.7. The summed E-state index contributed by atoms with van der Waals surface area (Å²) in [5.41, 5.74) is 0. The van der Waals surface area contributed by atoms with Gasteiger partial charge in [0.15, 0.2) is 0 Å². The minimum Gasteiger partial charge on any atom is -0.457 e. The lowest BCUT2D eigenvalue weighted by molar-refractivity contribution is -0.154. The molecule has 0 rings (SSSR count). The van der Waals surface area contributed by atoms with Gasteiger partial charge < -0.3 is 24.6 Å². The number of esters is 1. The zero-order chi connectivity index (χ0) is 38.9. The monoisotopic (exact) mass is 775 g/mol. The van der Waals surface area contributed by atoms with Gasteiger partial charge in [-0.1, -0.05) is 173 Å². The molecule has 0 aliphatic rings. The zero-order valence-electron chi connectivity index (χ0n) is 34.2. The summed E-state index contributed by atoms with van der Waals surface area (Å²) in [6.07, 6.45) is 41.3. The molecule has 0 spiro atoms. The van der Waals surface area contributed by atoms with Crippen molar-refractivity contribution >= 4 is 13.8 Å². The van der Waals surface area contributed by atoms with Crippen molar-refractivity contribution in [1.29, 1.82) is 0 Å². The number of unbranched alkanes of at least 4 members (excludes halogenated alkanes) is 24. The fraction of sp³-hybridized carbons (Fsp3) is 0.884. The van der Waals surface area contributed by atoms with Crippen LogP contribution in [0.5, 0.6) is 0 Å². The molecule has 0 amide bonds. The molecule has 0 fully saturated rings. The number of rotatable bonds is 42. The second kappa shape index (κ2) is 40.6. The molecule has 3 unspecified atom stereocenters. The lowest BCUT2D eigenvalue weighted by atomic mass is 10.0. The summed E-state index contributed by atoms with van der Waals surface area (Å²) in [6, 6.07) is 0. The molecular formula is C43H83O9P. The molecular weight excluding hydrogens is 691 g/mol. The highest BCUT2D eigenvalue weighted by molar-refractivity contribution is 7.47. The number of ether oxygens (including phenoxy) is 2. The Morgan fingerprint density at radius 2 is 1.02 bits per heavy atom. The van der Waals surface area contributed by atoms with Crippen LogP contribution in [-0.2, 0) is 27.9 Å². The molecule has 0 radical (unpaired) electrons. The maximum Gasteiger partial charge on any atom is 0.472 e. The van der Waals surface area contributed by atoms with Crippen molar-refractivity contribution in [2.45, 2.75) is 212 Å². The number of phosphoric ester groups is 1. The minimum atomic E-state index is -4.51. The van der Waals surface area contributed by atoms with Crippen molar-refractivity contribution < 1.29 is 43.0 Å². The Hall–Kier alpha value is -1.06. The molecule has 0 aliphatic heterocycles. The summed E-state index contributed by atoms with van der Waals surface area (Å²) in [5, 5.41) is 18.3. The highest BCUT2D eigenvalue weighted by atomic mass is 31.2. The topological polar surface area (TPSA) is 132 Å². The Bertz CT molecular complexity index is 882. The standard InChI is InChI=1S/C43H83O9P/c1-3-5-7-9-11-13-15-17-18-19-20-21-22-24-26-28-30-32-34-36-49-39-42(40-51-53(47,48)50-38-41(45)37-44)52-43(46)35-33-31-29-27-25-23-16-14-12-10-8-6-4-2/h13,15,18-19,41-42,44-45H,3-12,14,16-17,20-40H2,1-2H3,(H,47,48)/b15-13-,19-18-. The Labute approximate surface area is 325 Å². The number of carbonyl (C=O) groups is 1. The molecule has 314 valence electrons. The highest BCUT2D eigenvalue weighted by Gasteiger charge is 2.26. The smallest absolute Gasteiger partial charge is 0.457 e. The first-order valence-electron chi connectivity index (χ1n) is 21.8. The van der Waals surface area contributed by atoms with Crippen LogP contribution in [0.4, 0.5) is 0 Å². The Morgan fingerprint density at radius 3 is 1.53 bits per heavy atom. The normalized spacial score (nSPS) is 14.3. The van der Waals surface area contributed by atoms with Gasteiger partial charge in [0, 0.05) is 13.0 Å². The first-order valence-corrected chi connectivity index (χ1v) is 23.3. The van der Waals surface area contributed by atoms with E-state index in [9.17, 15) is 19.4 Å². The van der Waals surface area contributed by atoms with Crippen molar-refractivity contribution in [1.82, 2.24) is 0 Å². The first-order chi connectivity index (χ1) is 25.8. The molecule has 0 aromatic heterocycles. The molecule has 0 heterocycles. The second-order valence-corrected chi connectivity index (χ2v) is 16.2. The van der Waals surface area contributed by atoms with E-state index in [-0.39, 0.29) is 25.6 Å². The molecule has 9 nitrogen and oxygen atoms in total. The van der Waals surface area contributed by atoms with Gasteiger partial charge in [0.1, 0.15) is 12.2 Å². The van der Waals surface area contributed by atoms with Crippen molar-refractivity contribution in [3.8, 4) is 0 Å². The number of phosphoric acid groups is 1. The SMILES string of the molecule is CCCCCC/C=C\C/C=C\CCCCCCCCCCOCC(COP(=O)(O)OCC(O)CO)OC(=O)CCCCCCCCCCCCCCC. The number of aliphatic hydroxyl groups is 2. The van der Waals surface area contributed by atoms with Gasteiger partial charge in [-0.15, -0.1) is 0 Å². The van der Waals surface area contributed by atoms with E-state index in [0.29, 0.717) is 6.61 Å². The third kappa shape index (κ3) is 40.4. The molecule has 53 heavy (non-hydrogen) atoms. The third-order valence-electron chi connectivity index (χ3n) is 9.39. The lowest BCUT2D eigenvalue weighted by Crippen LogP contribution is -2.29. The average Bonchev–Trinajstić information content (AvgIpc) is 3.15. The number of hydrogen-bond acceptors (Lipinski definition) is 8. The van der Waals surface area contributed by atoms with Gasteiger partial charge in [-0.3, -0.25) is 13.8 Å². The van der Waals surface area contributed by atoms with Crippen LogP contribution in [0.2, 0.25) is 0 Å². The maximum atomic E-state index is 12.6. The summed E-state index contributed by atoms with van der Waals surface area (Å²) >= 11 is 0. The minimum absolute atomic E-state index is 0.0490. The summed E-state index contributed by atoms with van der Waals surface area (Å²) in [4.78, 5) is 22.5. The Balaban J connectivity index is 4.14. The van der Waals surface area contributed by atoms with Gasteiger partial charge in [-0.25, -0.2) is 4.57 Å². The van der Waals surface area contributed by atoms with Crippen molar-refractivity contribution in [3.05, 3.63) is 24.3 Å². The van der Waals surface area contributed by atoms with E-state index < -0.39 is 33.2 Å². The molecule has 10 heteroatoms. The molecule has 0 bridgehead atoms. The van der Waals surface area contributed by atoms with E-state index >= 15 is 0 Å². The number of aliphatic hydroxyl groups excluding tert-OH is 2. The summed E-state index contributed by atoms with van der Waals surface area (Å²) in [5.74, 6) is -0.383. The van der Waals surface area contributed by atoms with E-state index in [0.717, 1.165) is 51.4 Å².